The summed E-state index contributed by atoms with van der Waals surface area (Å²) in [6, 6.07) is 9.54. The molecule has 7 nitrogen and oxygen atoms in total. The smallest absolute Gasteiger partial charge is 0.254 e. The van der Waals surface area contributed by atoms with Gasteiger partial charge >= 0.3 is 0 Å². The largest absolute Gasteiger partial charge is 0.378 e. The topological polar surface area (TPSA) is 63.5 Å². The Labute approximate surface area is 164 Å². The molecule has 0 aliphatic carbocycles. The molecule has 1 aromatic carbocycles. The lowest BCUT2D eigenvalue weighted by Gasteiger charge is -2.27. The van der Waals surface area contributed by atoms with E-state index in [-0.39, 0.29) is 11.9 Å². The molecule has 4 rings (SSSR count). The summed E-state index contributed by atoms with van der Waals surface area (Å²) in [5.41, 5.74) is 3.49. The van der Waals surface area contributed by atoms with E-state index in [1.54, 1.807) is 17.3 Å². The van der Waals surface area contributed by atoms with Crippen molar-refractivity contribution in [2.45, 2.75) is 13.0 Å². The Balaban J connectivity index is 1.61. The fourth-order valence-electron chi connectivity index (χ4n) is 3.59. The average Bonchev–Trinajstić information content (AvgIpc) is 3.09. The van der Waals surface area contributed by atoms with Gasteiger partial charge in [0.1, 0.15) is 0 Å². The number of aryl methyl sites for hydroxylation is 1. The number of rotatable bonds is 4. The highest BCUT2D eigenvalue weighted by Gasteiger charge is 2.22. The lowest BCUT2D eigenvalue weighted by Crippen LogP contribution is -2.37. The highest BCUT2D eigenvalue weighted by Crippen LogP contribution is 2.25. The summed E-state index contributed by atoms with van der Waals surface area (Å²) >= 11 is 0. The van der Waals surface area contributed by atoms with E-state index in [0.717, 1.165) is 35.6 Å². The number of aromatic nitrogens is 3. The molecule has 0 spiro atoms. The number of pyridine rings is 1. The molecule has 0 saturated carbocycles. The third-order valence-corrected chi connectivity index (χ3v) is 5.47. The van der Waals surface area contributed by atoms with Gasteiger partial charge in [0.15, 0.2) is 0 Å². The number of amides is 1. The second kappa shape index (κ2) is 7.59. The van der Waals surface area contributed by atoms with E-state index >= 15 is 0 Å². The maximum Gasteiger partial charge on any atom is 0.254 e. The molecule has 1 fully saturated rings. The van der Waals surface area contributed by atoms with Crippen molar-refractivity contribution in [1.29, 1.82) is 0 Å². The van der Waals surface area contributed by atoms with Gasteiger partial charge in [-0.05, 0) is 36.8 Å². The fourth-order valence-corrected chi connectivity index (χ4v) is 3.59. The molecular formula is C21H25N5O2. The van der Waals surface area contributed by atoms with Crippen LogP contribution in [0.25, 0.3) is 11.0 Å². The van der Waals surface area contributed by atoms with Crippen molar-refractivity contribution in [2.24, 2.45) is 7.05 Å². The first kappa shape index (κ1) is 18.4. The Kier molecular flexibility index (Phi) is 5.00. The summed E-state index contributed by atoms with van der Waals surface area (Å²) in [5, 5.41) is 0. The van der Waals surface area contributed by atoms with E-state index in [0.29, 0.717) is 18.8 Å². The summed E-state index contributed by atoms with van der Waals surface area (Å²) in [4.78, 5) is 26.0. The van der Waals surface area contributed by atoms with Gasteiger partial charge in [-0.15, -0.1) is 0 Å². The Hall–Kier alpha value is -2.93. The van der Waals surface area contributed by atoms with Crippen LogP contribution in [0, 0.1) is 0 Å². The number of benzene rings is 1. The molecule has 1 saturated heterocycles. The summed E-state index contributed by atoms with van der Waals surface area (Å²) in [6.07, 6.45) is 3.53. The number of carbonyl (C=O) groups is 1. The molecule has 0 bridgehead atoms. The number of ether oxygens (including phenoxy) is 1. The number of imidazole rings is 1. The van der Waals surface area contributed by atoms with E-state index < -0.39 is 0 Å². The zero-order chi connectivity index (χ0) is 19.7. The molecule has 28 heavy (non-hydrogen) atoms. The van der Waals surface area contributed by atoms with Crippen molar-refractivity contribution < 1.29 is 9.53 Å². The van der Waals surface area contributed by atoms with Gasteiger partial charge in [-0.25, -0.2) is 4.98 Å². The van der Waals surface area contributed by atoms with Crippen LogP contribution in [0.2, 0.25) is 0 Å². The molecule has 3 heterocycles. The van der Waals surface area contributed by atoms with Crippen molar-refractivity contribution in [3.8, 4) is 0 Å². The number of fused-ring (bicyclic) bond motifs is 1. The van der Waals surface area contributed by atoms with Crippen LogP contribution in [-0.4, -0.2) is 58.7 Å². The first-order valence-corrected chi connectivity index (χ1v) is 9.52. The summed E-state index contributed by atoms with van der Waals surface area (Å²) in [6.45, 7) is 5.08. The standard InChI is InChI=1S/C21H25N5O2/c1-15(17-5-4-8-22-14-17)24(2)20(27)16-6-7-19-18(13-16)23-21(25(19)3)26-9-11-28-12-10-26/h4-8,13-15H,9-12H2,1-3H3. The van der Waals surface area contributed by atoms with Crippen LogP contribution in [0.4, 0.5) is 5.95 Å². The average molecular weight is 379 g/mol. The van der Waals surface area contributed by atoms with Gasteiger partial charge < -0.3 is 19.1 Å². The molecule has 2 aromatic heterocycles. The van der Waals surface area contributed by atoms with Gasteiger partial charge in [-0.3, -0.25) is 9.78 Å². The third kappa shape index (κ3) is 3.33. The van der Waals surface area contributed by atoms with Crippen LogP contribution in [0.3, 0.4) is 0 Å². The molecule has 1 aliphatic rings. The predicted molar refractivity (Wildman–Crippen MR) is 108 cm³/mol. The minimum absolute atomic E-state index is 0.0307. The van der Waals surface area contributed by atoms with Gasteiger partial charge in [-0.1, -0.05) is 6.07 Å². The van der Waals surface area contributed by atoms with Crippen molar-refractivity contribution >= 4 is 22.9 Å². The lowest BCUT2D eigenvalue weighted by molar-refractivity contribution is 0.0742. The molecule has 0 N–H and O–H groups in total. The van der Waals surface area contributed by atoms with Crippen LogP contribution < -0.4 is 4.90 Å². The molecular weight excluding hydrogens is 354 g/mol. The highest BCUT2D eigenvalue weighted by atomic mass is 16.5. The van der Waals surface area contributed by atoms with E-state index in [9.17, 15) is 4.79 Å². The van der Waals surface area contributed by atoms with Gasteiger partial charge in [0.05, 0.1) is 30.3 Å². The minimum atomic E-state index is -0.0652. The zero-order valence-corrected chi connectivity index (χ0v) is 16.5. The Morgan fingerprint density at radius 3 is 2.75 bits per heavy atom. The highest BCUT2D eigenvalue weighted by molar-refractivity contribution is 5.97. The van der Waals surface area contributed by atoms with Crippen LogP contribution in [0.5, 0.6) is 0 Å². The molecule has 1 aliphatic heterocycles. The number of morpholine rings is 1. The van der Waals surface area contributed by atoms with E-state index in [4.69, 9.17) is 9.72 Å². The monoisotopic (exact) mass is 379 g/mol. The zero-order valence-electron chi connectivity index (χ0n) is 16.5. The first-order chi connectivity index (χ1) is 13.6. The van der Waals surface area contributed by atoms with Gasteiger partial charge in [0.2, 0.25) is 5.95 Å². The lowest BCUT2D eigenvalue weighted by atomic mass is 10.1. The molecule has 7 heteroatoms. The number of hydrogen-bond acceptors (Lipinski definition) is 5. The van der Waals surface area contributed by atoms with E-state index in [2.05, 4.69) is 14.5 Å². The fraction of sp³-hybridized carbons (Fsp3) is 0.381. The molecule has 1 atom stereocenters. The quantitative estimate of drug-likeness (QED) is 0.697. The number of carbonyl (C=O) groups excluding carboxylic acids is 1. The molecule has 1 unspecified atom stereocenters. The Morgan fingerprint density at radius 1 is 1.25 bits per heavy atom. The maximum atomic E-state index is 13.0. The third-order valence-electron chi connectivity index (χ3n) is 5.47. The van der Waals surface area contributed by atoms with Crippen LogP contribution >= 0.6 is 0 Å². The minimum Gasteiger partial charge on any atom is -0.378 e. The Bertz CT molecular complexity index is 979. The second-order valence-corrected chi connectivity index (χ2v) is 7.15. The van der Waals surface area contributed by atoms with Crippen LogP contribution in [0.1, 0.15) is 28.9 Å². The van der Waals surface area contributed by atoms with E-state index in [1.165, 1.54) is 0 Å². The molecule has 1 amide bonds. The number of anilines is 1. The van der Waals surface area contributed by atoms with Gasteiger partial charge in [0.25, 0.3) is 5.91 Å². The van der Waals surface area contributed by atoms with Crippen molar-refractivity contribution in [3.05, 3.63) is 53.9 Å². The van der Waals surface area contributed by atoms with Crippen molar-refractivity contribution in [1.82, 2.24) is 19.4 Å². The summed E-state index contributed by atoms with van der Waals surface area (Å²) < 4.78 is 7.52. The van der Waals surface area contributed by atoms with Gasteiger partial charge in [0, 0.05) is 45.1 Å². The predicted octanol–water partition coefficient (Wildman–Crippen LogP) is 2.64. The summed E-state index contributed by atoms with van der Waals surface area (Å²) in [7, 11) is 3.83. The van der Waals surface area contributed by atoms with Gasteiger partial charge in [-0.2, -0.15) is 0 Å². The van der Waals surface area contributed by atoms with Crippen LogP contribution in [0.15, 0.2) is 42.7 Å². The molecule has 146 valence electrons. The first-order valence-electron chi connectivity index (χ1n) is 9.52. The van der Waals surface area contributed by atoms with E-state index in [1.807, 2.05) is 51.4 Å². The van der Waals surface area contributed by atoms with Crippen molar-refractivity contribution in [3.63, 3.8) is 0 Å². The summed E-state index contributed by atoms with van der Waals surface area (Å²) in [5.74, 6) is 0.886. The molecule has 3 aromatic rings. The number of hydrogen-bond donors (Lipinski definition) is 0. The second-order valence-electron chi connectivity index (χ2n) is 7.15. The Morgan fingerprint density at radius 2 is 2.04 bits per heavy atom. The SMILES string of the molecule is CC(c1cccnc1)N(C)C(=O)c1ccc2c(c1)nc(N1CCOCC1)n2C. The normalized spacial score (nSPS) is 15.6. The maximum absolute atomic E-state index is 13.0. The van der Waals surface area contributed by atoms with Crippen molar-refractivity contribution in [2.75, 3.05) is 38.3 Å². The number of nitrogens with zero attached hydrogens (tertiary/aromatic N) is 5. The molecule has 0 radical (unpaired) electrons. The van der Waals surface area contributed by atoms with Crippen LogP contribution in [-0.2, 0) is 11.8 Å².